The zero-order valence-electron chi connectivity index (χ0n) is 21.0. The summed E-state index contributed by atoms with van der Waals surface area (Å²) in [7, 11) is 0. The Morgan fingerprint density at radius 2 is 1.63 bits per heavy atom. The van der Waals surface area contributed by atoms with Crippen LogP contribution in [0.25, 0.3) is 0 Å². The Bertz CT molecular complexity index is 963. The summed E-state index contributed by atoms with van der Waals surface area (Å²) < 4.78 is 19.3. The van der Waals surface area contributed by atoms with Gasteiger partial charge in [-0.1, -0.05) is 58.3 Å². The second-order valence-corrected chi connectivity index (χ2v) is 9.75. The van der Waals surface area contributed by atoms with Crippen molar-refractivity contribution in [2.24, 2.45) is 5.92 Å². The van der Waals surface area contributed by atoms with E-state index in [0.29, 0.717) is 12.8 Å². The van der Waals surface area contributed by atoms with Gasteiger partial charge in [-0.15, -0.1) is 0 Å². The number of rotatable bonds is 13. The first-order valence-corrected chi connectivity index (χ1v) is 13.3. The Morgan fingerprint density at radius 1 is 1.00 bits per heavy atom. The van der Waals surface area contributed by atoms with E-state index in [9.17, 15) is 9.18 Å². The molecule has 1 heterocycles. The second-order valence-electron chi connectivity index (χ2n) is 9.75. The summed E-state index contributed by atoms with van der Waals surface area (Å²) in [6.45, 7) is 2.25. The van der Waals surface area contributed by atoms with Crippen LogP contribution in [0.2, 0.25) is 0 Å². The molecular formula is C29H38FN3O2. The molecule has 0 radical (unpaired) electrons. The zero-order valence-corrected chi connectivity index (χ0v) is 21.0. The third kappa shape index (κ3) is 8.72. The fourth-order valence-corrected chi connectivity index (χ4v) is 4.78. The van der Waals surface area contributed by atoms with E-state index in [0.717, 1.165) is 31.2 Å². The normalized spacial score (nSPS) is 17.6. The van der Waals surface area contributed by atoms with Gasteiger partial charge < -0.3 is 4.74 Å². The minimum absolute atomic E-state index is 0.123. The molecule has 1 fully saturated rings. The third-order valence-corrected chi connectivity index (χ3v) is 6.99. The Kier molecular flexibility index (Phi) is 11.1. The van der Waals surface area contributed by atoms with Gasteiger partial charge in [0.25, 0.3) is 0 Å². The quantitative estimate of drug-likeness (QED) is 0.169. The van der Waals surface area contributed by atoms with Crippen LogP contribution in [0.3, 0.4) is 0 Å². The van der Waals surface area contributed by atoms with Gasteiger partial charge >= 0.3 is 5.97 Å². The highest BCUT2D eigenvalue weighted by atomic mass is 19.1. The smallest absolute Gasteiger partial charge is 0.314 e. The standard InChI is InChI=1S/C29H38FN3O2/c1-2-3-4-5-6-7-8-9-10-11-23-20-32-28(33-21-23)24-13-15-25(16-14-24)29(34)35-27-17-12-22(19-31)18-26(27)30/h12,17-18,20-21,24-25H,2-11,13-16H2,1H3. The van der Waals surface area contributed by atoms with Crippen molar-refractivity contribution in [3.63, 3.8) is 0 Å². The first-order valence-electron chi connectivity index (χ1n) is 13.3. The molecule has 5 nitrogen and oxygen atoms in total. The molecule has 0 spiro atoms. The summed E-state index contributed by atoms with van der Waals surface area (Å²) in [4.78, 5) is 21.7. The van der Waals surface area contributed by atoms with Crippen molar-refractivity contribution in [3.05, 3.63) is 53.4 Å². The Hall–Kier alpha value is -2.81. The third-order valence-electron chi connectivity index (χ3n) is 6.99. The topological polar surface area (TPSA) is 75.9 Å². The molecule has 1 saturated carbocycles. The Labute approximate surface area is 209 Å². The van der Waals surface area contributed by atoms with E-state index in [1.807, 2.05) is 18.5 Å². The SMILES string of the molecule is CCCCCCCCCCCc1cnc(C2CCC(C(=O)Oc3ccc(C#N)cc3F)CC2)nc1. The lowest BCUT2D eigenvalue weighted by Gasteiger charge is -2.26. The second kappa shape index (κ2) is 14.6. The molecule has 0 unspecified atom stereocenters. The number of hydrogen-bond acceptors (Lipinski definition) is 5. The fourth-order valence-electron chi connectivity index (χ4n) is 4.78. The van der Waals surface area contributed by atoms with Crippen LogP contribution >= 0.6 is 0 Å². The monoisotopic (exact) mass is 479 g/mol. The first-order chi connectivity index (χ1) is 17.1. The predicted molar refractivity (Wildman–Crippen MR) is 134 cm³/mol. The minimum atomic E-state index is -0.693. The maximum atomic E-state index is 14.0. The van der Waals surface area contributed by atoms with Crippen LogP contribution in [-0.4, -0.2) is 15.9 Å². The number of halogens is 1. The van der Waals surface area contributed by atoms with Crippen LogP contribution in [0.15, 0.2) is 30.6 Å². The van der Waals surface area contributed by atoms with Gasteiger partial charge in [-0.2, -0.15) is 5.26 Å². The molecule has 35 heavy (non-hydrogen) atoms. The predicted octanol–water partition coefficient (Wildman–Crippen LogP) is 7.44. The van der Waals surface area contributed by atoms with Crippen molar-refractivity contribution in [3.8, 4) is 11.8 Å². The van der Waals surface area contributed by atoms with Crippen molar-refractivity contribution in [2.45, 2.75) is 103 Å². The number of nitriles is 1. The molecule has 3 rings (SSSR count). The number of carbonyl (C=O) groups is 1. The molecule has 6 heteroatoms. The van der Waals surface area contributed by atoms with Crippen molar-refractivity contribution >= 4 is 5.97 Å². The van der Waals surface area contributed by atoms with Gasteiger partial charge in [0, 0.05) is 18.3 Å². The van der Waals surface area contributed by atoms with E-state index in [-0.39, 0.29) is 23.1 Å². The Morgan fingerprint density at radius 3 is 2.23 bits per heavy atom. The summed E-state index contributed by atoms with van der Waals surface area (Å²) in [5.74, 6) is -0.390. The molecule has 2 aromatic rings. The molecule has 1 aliphatic carbocycles. The van der Waals surface area contributed by atoms with Gasteiger partial charge in [0.15, 0.2) is 11.6 Å². The van der Waals surface area contributed by atoms with Crippen LogP contribution < -0.4 is 4.74 Å². The highest BCUT2D eigenvalue weighted by molar-refractivity contribution is 5.75. The van der Waals surface area contributed by atoms with Gasteiger partial charge in [0.1, 0.15) is 5.82 Å². The van der Waals surface area contributed by atoms with Crippen molar-refractivity contribution in [1.82, 2.24) is 9.97 Å². The van der Waals surface area contributed by atoms with E-state index >= 15 is 0 Å². The lowest BCUT2D eigenvalue weighted by atomic mass is 9.81. The van der Waals surface area contributed by atoms with E-state index in [1.54, 1.807) is 0 Å². The molecule has 1 aromatic heterocycles. The van der Waals surface area contributed by atoms with E-state index in [1.165, 1.54) is 75.5 Å². The first kappa shape index (κ1) is 26.8. The van der Waals surface area contributed by atoms with Crippen LogP contribution in [0.5, 0.6) is 5.75 Å². The Balaban J connectivity index is 1.35. The summed E-state index contributed by atoms with van der Waals surface area (Å²) in [5.41, 5.74) is 1.39. The fraction of sp³-hybridized carbons (Fsp3) is 0.586. The molecule has 0 bridgehead atoms. The molecule has 0 N–H and O–H groups in total. The summed E-state index contributed by atoms with van der Waals surface area (Å²) in [5, 5.41) is 8.83. The number of benzene rings is 1. The molecule has 0 atom stereocenters. The molecule has 1 aliphatic rings. The maximum absolute atomic E-state index is 14.0. The van der Waals surface area contributed by atoms with Crippen molar-refractivity contribution < 1.29 is 13.9 Å². The molecular weight excluding hydrogens is 441 g/mol. The van der Waals surface area contributed by atoms with Crippen LogP contribution in [0.1, 0.15) is 113 Å². The highest BCUT2D eigenvalue weighted by Crippen LogP contribution is 2.35. The number of aromatic nitrogens is 2. The van der Waals surface area contributed by atoms with Crippen molar-refractivity contribution in [2.75, 3.05) is 0 Å². The minimum Gasteiger partial charge on any atom is -0.423 e. The lowest BCUT2D eigenvalue weighted by molar-refractivity contribution is -0.140. The number of ether oxygens (including phenoxy) is 1. The summed E-state index contributed by atoms with van der Waals surface area (Å²) >= 11 is 0. The largest absolute Gasteiger partial charge is 0.423 e. The number of carbonyl (C=O) groups excluding carboxylic acids is 1. The zero-order chi connectivity index (χ0) is 24.9. The molecule has 0 aliphatic heterocycles. The van der Waals surface area contributed by atoms with E-state index in [2.05, 4.69) is 16.9 Å². The molecule has 1 aromatic carbocycles. The van der Waals surface area contributed by atoms with Crippen LogP contribution in [0.4, 0.5) is 4.39 Å². The number of hydrogen-bond donors (Lipinski definition) is 0. The van der Waals surface area contributed by atoms with Crippen LogP contribution in [0, 0.1) is 23.1 Å². The number of nitrogens with zero attached hydrogens (tertiary/aromatic N) is 3. The average Bonchev–Trinajstić information content (AvgIpc) is 2.89. The van der Waals surface area contributed by atoms with Gasteiger partial charge in [0.05, 0.1) is 17.6 Å². The summed E-state index contributed by atoms with van der Waals surface area (Å²) in [6, 6.07) is 5.73. The van der Waals surface area contributed by atoms with Crippen LogP contribution in [-0.2, 0) is 11.2 Å². The number of esters is 1. The summed E-state index contributed by atoms with van der Waals surface area (Å²) in [6.07, 6.45) is 19.8. The maximum Gasteiger partial charge on any atom is 0.314 e. The lowest BCUT2D eigenvalue weighted by Crippen LogP contribution is -2.26. The highest BCUT2D eigenvalue weighted by Gasteiger charge is 2.30. The molecule has 188 valence electrons. The number of aryl methyl sites for hydroxylation is 1. The van der Waals surface area contributed by atoms with E-state index < -0.39 is 11.8 Å². The molecule has 0 amide bonds. The van der Waals surface area contributed by atoms with Gasteiger partial charge in [0.2, 0.25) is 0 Å². The van der Waals surface area contributed by atoms with Gasteiger partial charge in [-0.3, -0.25) is 4.79 Å². The van der Waals surface area contributed by atoms with E-state index in [4.69, 9.17) is 10.00 Å². The van der Waals surface area contributed by atoms with Crippen molar-refractivity contribution in [1.29, 1.82) is 5.26 Å². The van der Waals surface area contributed by atoms with Gasteiger partial charge in [-0.25, -0.2) is 14.4 Å². The molecule has 0 saturated heterocycles. The van der Waals surface area contributed by atoms with Gasteiger partial charge in [-0.05, 0) is 62.3 Å². The number of unbranched alkanes of at least 4 members (excludes halogenated alkanes) is 8. The average molecular weight is 480 g/mol.